The molecule has 222 valence electrons. The first-order valence-corrected chi connectivity index (χ1v) is 14.9. The van der Waals surface area contributed by atoms with E-state index < -0.39 is 27.6 Å². The topological polar surface area (TPSA) is 93.7 Å². The minimum Gasteiger partial charge on any atom is -0.368 e. The molecule has 1 aromatic heterocycles. The second-order valence-electron chi connectivity index (χ2n) is 11.8. The number of piperidine rings is 1. The number of piperazine rings is 1. The van der Waals surface area contributed by atoms with Crippen LogP contribution in [0.4, 0.5) is 40.7 Å². The molecular weight excluding hydrogens is 550 g/mol. The van der Waals surface area contributed by atoms with Crippen molar-refractivity contribution in [2.45, 2.75) is 63.8 Å². The van der Waals surface area contributed by atoms with Crippen LogP contribution in [-0.4, -0.2) is 84.2 Å². The van der Waals surface area contributed by atoms with Crippen molar-refractivity contribution in [2.75, 3.05) is 55.0 Å². The molecule has 2 N–H and O–H groups in total. The number of likely N-dealkylation sites (tertiary alicyclic amines) is 1. The first-order valence-electron chi connectivity index (χ1n) is 13.1. The number of hydrogen-bond acceptors (Lipinski definition) is 8. The molecule has 2 aliphatic heterocycles. The average molecular weight is 588 g/mol. The van der Waals surface area contributed by atoms with E-state index in [0.29, 0.717) is 0 Å². The lowest BCUT2D eigenvalue weighted by Gasteiger charge is -2.53. The number of rotatable bonds is 6. The summed E-state index contributed by atoms with van der Waals surface area (Å²) in [5.41, 5.74) is -1.11. The second-order valence-corrected chi connectivity index (χ2v) is 13.8. The molecule has 0 aliphatic carbocycles. The maximum Gasteiger partial charge on any atom is 0.418 e. The van der Waals surface area contributed by atoms with Crippen molar-refractivity contribution >= 4 is 33.2 Å². The number of halogens is 4. The summed E-state index contributed by atoms with van der Waals surface area (Å²) < 4.78 is 81.7. The molecule has 0 saturated carbocycles. The summed E-state index contributed by atoms with van der Waals surface area (Å²) in [6.45, 7) is 8.95. The quantitative estimate of drug-likeness (QED) is 0.477. The van der Waals surface area contributed by atoms with Crippen molar-refractivity contribution in [2.24, 2.45) is 0 Å². The van der Waals surface area contributed by atoms with Crippen LogP contribution >= 0.6 is 0 Å². The molecule has 0 unspecified atom stereocenters. The van der Waals surface area contributed by atoms with Crippen LogP contribution in [0, 0.1) is 5.82 Å². The third kappa shape index (κ3) is 6.60. The van der Waals surface area contributed by atoms with E-state index in [-0.39, 0.29) is 66.4 Å². The zero-order valence-electron chi connectivity index (χ0n) is 23.6. The van der Waals surface area contributed by atoms with Gasteiger partial charge in [-0.2, -0.15) is 22.5 Å². The normalized spacial score (nSPS) is 20.9. The van der Waals surface area contributed by atoms with Gasteiger partial charge in [-0.25, -0.2) is 17.8 Å². The number of aromatic nitrogens is 2. The van der Waals surface area contributed by atoms with Gasteiger partial charge in [0.25, 0.3) is 0 Å². The molecule has 40 heavy (non-hydrogen) atoms. The van der Waals surface area contributed by atoms with Crippen LogP contribution < -0.4 is 15.5 Å². The van der Waals surface area contributed by atoms with Gasteiger partial charge in [0.05, 0.1) is 18.0 Å². The van der Waals surface area contributed by atoms with E-state index in [4.69, 9.17) is 0 Å². The number of alkyl halides is 3. The van der Waals surface area contributed by atoms with Gasteiger partial charge in [0, 0.05) is 54.7 Å². The Balaban J connectivity index is 1.54. The molecule has 2 aromatic rings. The molecule has 2 fully saturated rings. The summed E-state index contributed by atoms with van der Waals surface area (Å²) in [7, 11) is -1.35. The van der Waals surface area contributed by atoms with E-state index in [1.54, 1.807) is 0 Å². The van der Waals surface area contributed by atoms with Crippen LogP contribution in [0.1, 0.15) is 46.1 Å². The first-order chi connectivity index (χ1) is 18.4. The van der Waals surface area contributed by atoms with E-state index in [9.17, 15) is 26.0 Å². The fourth-order valence-corrected chi connectivity index (χ4v) is 6.53. The molecule has 2 aliphatic rings. The number of hydrogen-bond donors (Lipinski definition) is 2. The number of sulfonamides is 1. The smallest absolute Gasteiger partial charge is 0.368 e. The number of benzene rings is 1. The van der Waals surface area contributed by atoms with Gasteiger partial charge >= 0.3 is 6.18 Å². The minimum absolute atomic E-state index is 0.0185. The standard InChI is InChI=1S/C26H37F4N7O2S/c1-24(2)14-18(15-25(3,4)35(24)5)32-22-20(27)16-31-23(34-22)33-17-7-8-21(19(13-17)26(28,29)30)36-9-11-37(12-10-36)40(6,38)39/h7-8,13,16,18H,9-12,14-15H2,1-6H3,(H2,31,32,33,34). The average Bonchev–Trinajstić information content (AvgIpc) is 2.83. The molecule has 3 heterocycles. The van der Waals surface area contributed by atoms with Gasteiger partial charge < -0.3 is 15.5 Å². The summed E-state index contributed by atoms with van der Waals surface area (Å²) in [6.07, 6.45) is -1.10. The van der Waals surface area contributed by atoms with Crippen molar-refractivity contribution in [3.8, 4) is 0 Å². The molecule has 4 rings (SSSR count). The number of nitrogens with zero attached hydrogens (tertiary/aromatic N) is 5. The Bertz CT molecular complexity index is 1330. The molecule has 14 heteroatoms. The van der Waals surface area contributed by atoms with Crippen molar-refractivity contribution in [1.82, 2.24) is 19.2 Å². The van der Waals surface area contributed by atoms with Gasteiger partial charge in [0.1, 0.15) is 0 Å². The molecule has 9 nitrogen and oxygen atoms in total. The zero-order chi connectivity index (χ0) is 29.7. The highest BCUT2D eigenvalue weighted by atomic mass is 32.2. The summed E-state index contributed by atoms with van der Waals surface area (Å²) >= 11 is 0. The Hall–Kier alpha value is -2.71. The Kier molecular flexibility index (Phi) is 8.02. The number of nitrogens with one attached hydrogen (secondary N) is 2. The van der Waals surface area contributed by atoms with Gasteiger partial charge in [-0.1, -0.05) is 0 Å². The lowest BCUT2D eigenvalue weighted by molar-refractivity contribution is -0.137. The monoisotopic (exact) mass is 587 g/mol. The molecule has 0 bridgehead atoms. The van der Waals surface area contributed by atoms with Crippen molar-refractivity contribution in [1.29, 1.82) is 0 Å². The van der Waals surface area contributed by atoms with Crippen LogP contribution in [-0.2, 0) is 16.2 Å². The SMILES string of the molecule is CN1C(C)(C)CC(Nc2nc(Nc3ccc(N4CCN(S(C)(=O)=O)CC4)c(C(F)(F)F)c3)ncc2F)CC1(C)C. The molecule has 0 amide bonds. The summed E-state index contributed by atoms with van der Waals surface area (Å²) in [5.74, 6) is -0.715. The predicted octanol–water partition coefficient (Wildman–Crippen LogP) is 4.52. The lowest BCUT2D eigenvalue weighted by Crippen LogP contribution is -2.61. The Morgan fingerprint density at radius 1 is 1.02 bits per heavy atom. The minimum atomic E-state index is -4.66. The van der Waals surface area contributed by atoms with Crippen LogP contribution in [0.3, 0.4) is 0 Å². The van der Waals surface area contributed by atoms with E-state index in [2.05, 4.69) is 60.2 Å². The Morgan fingerprint density at radius 2 is 1.62 bits per heavy atom. The highest BCUT2D eigenvalue weighted by Gasteiger charge is 2.43. The van der Waals surface area contributed by atoms with E-state index >= 15 is 0 Å². The molecule has 0 atom stereocenters. The first kappa shape index (κ1) is 30.3. The molecule has 2 saturated heterocycles. The summed E-state index contributed by atoms with van der Waals surface area (Å²) in [6, 6.07) is 3.69. The maximum absolute atomic E-state index is 14.7. The molecule has 0 spiro atoms. The molecular formula is C26H37F4N7O2S. The number of anilines is 4. The highest BCUT2D eigenvalue weighted by molar-refractivity contribution is 7.88. The fraction of sp³-hybridized carbons (Fsp3) is 0.615. The highest BCUT2D eigenvalue weighted by Crippen LogP contribution is 2.40. The van der Waals surface area contributed by atoms with Crippen molar-refractivity contribution in [3.05, 3.63) is 35.8 Å². The van der Waals surface area contributed by atoms with Crippen LogP contribution in [0.15, 0.2) is 24.4 Å². The van der Waals surface area contributed by atoms with Crippen molar-refractivity contribution < 1.29 is 26.0 Å². The zero-order valence-corrected chi connectivity index (χ0v) is 24.4. The second kappa shape index (κ2) is 10.6. The van der Waals surface area contributed by atoms with Gasteiger partial charge in [0.15, 0.2) is 11.6 Å². The third-order valence-corrected chi connectivity index (χ3v) is 9.30. The fourth-order valence-electron chi connectivity index (χ4n) is 5.70. The Morgan fingerprint density at radius 3 is 2.17 bits per heavy atom. The van der Waals surface area contributed by atoms with Gasteiger partial charge in [-0.05, 0) is 65.8 Å². The molecule has 0 radical (unpaired) electrons. The Labute approximate surface area is 233 Å². The van der Waals surface area contributed by atoms with E-state index in [0.717, 1.165) is 31.4 Å². The largest absolute Gasteiger partial charge is 0.418 e. The summed E-state index contributed by atoms with van der Waals surface area (Å²) in [5, 5.41) is 5.96. The van der Waals surface area contributed by atoms with Gasteiger partial charge in [0.2, 0.25) is 16.0 Å². The van der Waals surface area contributed by atoms with Crippen LogP contribution in [0.2, 0.25) is 0 Å². The van der Waals surface area contributed by atoms with E-state index in [1.807, 2.05) is 0 Å². The lowest BCUT2D eigenvalue weighted by atomic mass is 9.77. The van der Waals surface area contributed by atoms with Gasteiger partial charge in [-0.3, -0.25) is 4.90 Å². The van der Waals surface area contributed by atoms with Gasteiger partial charge in [-0.15, -0.1) is 0 Å². The third-order valence-electron chi connectivity index (χ3n) is 8.00. The molecule has 1 aromatic carbocycles. The van der Waals surface area contributed by atoms with Crippen LogP contribution in [0.25, 0.3) is 0 Å². The summed E-state index contributed by atoms with van der Waals surface area (Å²) in [4.78, 5) is 12.0. The maximum atomic E-state index is 14.7. The van der Waals surface area contributed by atoms with E-state index in [1.165, 1.54) is 21.3 Å². The van der Waals surface area contributed by atoms with Crippen LogP contribution in [0.5, 0.6) is 0 Å². The van der Waals surface area contributed by atoms with Crippen molar-refractivity contribution in [3.63, 3.8) is 0 Å². The predicted molar refractivity (Wildman–Crippen MR) is 148 cm³/mol.